The van der Waals surface area contributed by atoms with Gasteiger partial charge in [-0.05, 0) is 49.6 Å². The van der Waals surface area contributed by atoms with Gasteiger partial charge in [0.2, 0.25) is 0 Å². The maximum absolute atomic E-state index is 13.3. The Balaban J connectivity index is 2.01. The molecule has 0 radical (unpaired) electrons. The molecule has 0 saturated heterocycles. The van der Waals surface area contributed by atoms with E-state index in [2.05, 4.69) is 13.0 Å². The van der Waals surface area contributed by atoms with Crippen molar-refractivity contribution < 1.29 is 8.94 Å². The van der Waals surface area contributed by atoms with Crippen molar-refractivity contribution in [2.45, 2.75) is 24.7 Å². The van der Waals surface area contributed by atoms with Crippen LogP contribution in [0.5, 0.6) is 0 Å². The molecule has 3 rings (SSSR count). The summed E-state index contributed by atoms with van der Waals surface area (Å²) < 4.78 is 26.0. The Morgan fingerprint density at radius 2 is 2.00 bits per heavy atom. The van der Waals surface area contributed by atoms with Crippen LogP contribution in [-0.2, 0) is 17.6 Å². The van der Waals surface area contributed by atoms with Gasteiger partial charge >= 0.3 is 0 Å². The molecule has 1 aliphatic rings. The van der Waals surface area contributed by atoms with Gasteiger partial charge in [0.05, 0.1) is 0 Å². The molecule has 1 atom stereocenters. The molecule has 0 saturated carbocycles. The number of fused-ring (bicyclic) bond motifs is 1. The lowest BCUT2D eigenvalue weighted by Crippen LogP contribution is -2.10. The average Bonchev–Trinajstić information content (AvgIpc) is 2.45. The third kappa shape index (κ3) is 2.51. The first kappa shape index (κ1) is 13.4. The van der Waals surface area contributed by atoms with Gasteiger partial charge in [-0.15, -0.1) is 0 Å². The van der Waals surface area contributed by atoms with Crippen LogP contribution in [0.4, 0.5) is 4.39 Å². The number of rotatable bonds is 2. The molecule has 1 nitrogen and oxygen atoms in total. The van der Waals surface area contributed by atoms with Crippen molar-refractivity contribution in [2.75, 3.05) is 0 Å². The second-order valence-corrected chi connectivity index (χ2v) is 6.44. The quantitative estimate of drug-likeness (QED) is 0.758. The normalized spacial score (nSPS) is 15.4. The summed E-state index contributed by atoms with van der Waals surface area (Å²) in [6.45, 7) is 2.06. The molecule has 0 bridgehead atoms. The molecule has 3 heteroatoms. The number of aryl methyl sites for hydroxylation is 2. The van der Waals surface area contributed by atoms with Gasteiger partial charge in [-0.3, -0.25) is 0 Å². The minimum atomic E-state index is -1.33. The molecule has 0 heterocycles. The first-order valence-electron chi connectivity index (χ1n) is 6.62. The molecule has 0 aromatic heterocycles. The van der Waals surface area contributed by atoms with Gasteiger partial charge in [-0.1, -0.05) is 23.8 Å². The fourth-order valence-electron chi connectivity index (χ4n) is 2.52. The van der Waals surface area contributed by atoms with Gasteiger partial charge < -0.3 is 4.55 Å². The smallest absolute Gasteiger partial charge is 0.161 e. The summed E-state index contributed by atoms with van der Waals surface area (Å²) in [6.07, 6.45) is 3.87. The Morgan fingerprint density at radius 1 is 1.15 bits per heavy atom. The van der Waals surface area contributed by atoms with Gasteiger partial charge in [-0.2, -0.15) is 0 Å². The van der Waals surface area contributed by atoms with Crippen molar-refractivity contribution in [1.29, 1.82) is 0 Å². The Bertz CT molecular complexity index is 678. The van der Waals surface area contributed by atoms with Crippen LogP contribution in [-0.4, -0.2) is 4.55 Å². The lowest BCUT2D eigenvalue weighted by atomic mass is 9.95. The van der Waals surface area contributed by atoms with Crippen LogP contribution >= 0.6 is 0 Å². The van der Waals surface area contributed by atoms with Crippen molar-refractivity contribution in [2.24, 2.45) is 0 Å². The van der Waals surface area contributed by atoms with Crippen LogP contribution in [0.1, 0.15) is 23.1 Å². The van der Waals surface area contributed by atoms with E-state index in [-0.39, 0.29) is 5.82 Å². The predicted octanol–water partition coefficient (Wildman–Crippen LogP) is 4.23. The lowest BCUT2D eigenvalue weighted by Gasteiger charge is -2.20. The van der Waals surface area contributed by atoms with Crippen LogP contribution in [0.25, 0.3) is 4.91 Å². The van der Waals surface area contributed by atoms with Crippen molar-refractivity contribution >= 4 is 16.1 Å². The number of benzene rings is 2. The van der Waals surface area contributed by atoms with Crippen molar-refractivity contribution in [3.05, 3.63) is 71.0 Å². The van der Waals surface area contributed by atoms with E-state index in [4.69, 9.17) is 0 Å². The molecule has 2 aromatic carbocycles. The summed E-state index contributed by atoms with van der Waals surface area (Å²) in [7, 11) is 0. The first-order valence-corrected chi connectivity index (χ1v) is 7.77. The minimum absolute atomic E-state index is 0.351. The highest BCUT2D eigenvalue weighted by Crippen LogP contribution is 2.34. The zero-order valence-electron chi connectivity index (χ0n) is 11.2. The highest BCUT2D eigenvalue weighted by Gasteiger charge is 2.25. The van der Waals surface area contributed by atoms with E-state index in [1.165, 1.54) is 23.3 Å². The molecular weight excluding hydrogens is 271 g/mol. The van der Waals surface area contributed by atoms with E-state index in [9.17, 15) is 8.94 Å². The van der Waals surface area contributed by atoms with Crippen LogP contribution in [0.15, 0.2) is 53.4 Å². The summed E-state index contributed by atoms with van der Waals surface area (Å²) >= 11 is -1.33. The van der Waals surface area contributed by atoms with Gasteiger partial charge in [0.15, 0.2) is 9.80 Å². The van der Waals surface area contributed by atoms with E-state index >= 15 is 0 Å². The highest BCUT2D eigenvalue weighted by molar-refractivity contribution is 8.00. The average molecular weight is 286 g/mol. The molecule has 20 heavy (non-hydrogen) atoms. The molecule has 0 spiro atoms. The standard InChI is InChI=1S/C17H15FOS/c1-12-8-9-16-13(10-12)4-2-7-17(16)20(19)15-6-3-5-14(18)11-15/h3,5-11H,2,4H2,1H3. The zero-order chi connectivity index (χ0) is 14.1. The van der Waals surface area contributed by atoms with Crippen LogP contribution < -0.4 is 0 Å². The Kier molecular flexibility index (Phi) is 3.64. The van der Waals surface area contributed by atoms with Gasteiger partial charge in [0, 0.05) is 22.8 Å². The summed E-state index contributed by atoms with van der Waals surface area (Å²) in [6, 6.07) is 12.2. The molecule has 1 aliphatic carbocycles. The largest absolute Gasteiger partial charge is 0.606 e. The molecule has 0 amide bonds. The molecule has 2 aromatic rings. The van der Waals surface area contributed by atoms with Gasteiger partial charge in [-0.25, -0.2) is 4.39 Å². The monoisotopic (exact) mass is 286 g/mol. The van der Waals surface area contributed by atoms with Crippen LogP contribution in [0.3, 0.4) is 0 Å². The van der Waals surface area contributed by atoms with Crippen LogP contribution in [0.2, 0.25) is 0 Å². The molecule has 0 N–H and O–H groups in total. The van der Waals surface area contributed by atoms with Gasteiger partial charge in [0.25, 0.3) is 0 Å². The Hall–Kier alpha value is -1.58. The molecule has 1 unspecified atom stereocenters. The van der Waals surface area contributed by atoms with Crippen LogP contribution in [0, 0.1) is 12.7 Å². The molecule has 102 valence electrons. The summed E-state index contributed by atoms with van der Waals surface area (Å²) in [5.41, 5.74) is 3.47. The summed E-state index contributed by atoms with van der Waals surface area (Å²) in [5, 5.41) is 0. The number of hydrogen-bond donors (Lipinski definition) is 0. The predicted molar refractivity (Wildman–Crippen MR) is 80.3 cm³/mol. The second kappa shape index (κ2) is 5.43. The van der Waals surface area contributed by atoms with E-state index in [1.54, 1.807) is 12.1 Å². The minimum Gasteiger partial charge on any atom is -0.606 e. The maximum Gasteiger partial charge on any atom is 0.161 e. The van der Waals surface area contributed by atoms with E-state index in [0.717, 1.165) is 23.3 Å². The fraction of sp³-hybridized carbons (Fsp3) is 0.176. The van der Waals surface area contributed by atoms with E-state index < -0.39 is 11.2 Å². The van der Waals surface area contributed by atoms with Crippen molar-refractivity contribution in [3.8, 4) is 0 Å². The lowest BCUT2D eigenvalue weighted by molar-refractivity contribution is 0.598. The Labute approximate surface area is 121 Å². The maximum atomic E-state index is 13.3. The third-order valence-corrected chi connectivity index (χ3v) is 4.95. The van der Waals surface area contributed by atoms with E-state index in [0.29, 0.717) is 4.90 Å². The summed E-state index contributed by atoms with van der Waals surface area (Å²) in [4.78, 5) is 1.32. The number of halogens is 1. The number of allylic oxidation sites excluding steroid dienone is 1. The second-order valence-electron chi connectivity index (χ2n) is 4.99. The molecular formula is C17H15FOS. The Morgan fingerprint density at radius 3 is 2.80 bits per heavy atom. The van der Waals surface area contributed by atoms with Crippen molar-refractivity contribution in [1.82, 2.24) is 0 Å². The van der Waals surface area contributed by atoms with Gasteiger partial charge in [0.1, 0.15) is 5.82 Å². The van der Waals surface area contributed by atoms with E-state index in [1.807, 2.05) is 18.2 Å². The molecule has 0 fully saturated rings. The zero-order valence-corrected chi connectivity index (χ0v) is 12.0. The molecule has 0 aliphatic heterocycles. The van der Waals surface area contributed by atoms with Crippen molar-refractivity contribution in [3.63, 3.8) is 0 Å². The fourth-order valence-corrected chi connectivity index (χ4v) is 3.87. The third-order valence-electron chi connectivity index (χ3n) is 3.48. The topological polar surface area (TPSA) is 23.1 Å². The highest BCUT2D eigenvalue weighted by atomic mass is 32.2. The SMILES string of the molecule is Cc1ccc2c(c1)CCC=C2[S+]([O-])c1cccc(F)c1. The number of hydrogen-bond acceptors (Lipinski definition) is 1. The first-order chi connectivity index (χ1) is 9.65. The summed E-state index contributed by atoms with van der Waals surface area (Å²) in [5.74, 6) is -0.351.